The predicted octanol–water partition coefficient (Wildman–Crippen LogP) is 5.43. The molecule has 0 fully saturated rings. The van der Waals surface area contributed by atoms with Crippen molar-refractivity contribution in [3.8, 4) is 0 Å². The summed E-state index contributed by atoms with van der Waals surface area (Å²) in [6.07, 6.45) is 5.30. The maximum atomic E-state index is 14.1. The number of ether oxygens (including phenoxy) is 2. The molecule has 0 spiro atoms. The van der Waals surface area contributed by atoms with E-state index in [0.717, 1.165) is 43.2 Å². The molecule has 3 amide bonds. The second-order valence-electron chi connectivity index (χ2n) is 11.2. The van der Waals surface area contributed by atoms with Crippen molar-refractivity contribution < 1.29 is 28.7 Å². The second-order valence-corrected chi connectivity index (χ2v) is 11.6. The number of esters is 1. The lowest BCUT2D eigenvalue weighted by Gasteiger charge is -2.35. The zero-order chi connectivity index (χ0) is 31.0. The molecule has 0 radical (unpaired) electrons. The van der Waals surface area contributed by atoms with Gasteiger partial charge in [-0.05, 0) is 64.7 Å². The average Bonchev–Trinajstić information content (AvgIpc) is 2.89. The third kappa shape index (κ3) is 13.2. The van der Waals surface area contributed by atoms with E-state index in [9.17, 15) is 19.2 Å². The Kier molecular flexibility index (Phi) is 16.5. The van der Waals surface area contributed by atoms with Crippen LogP contribution in [-0.2, 0) is 23.9 Å². The molecule has 0 saturated carbocycles. The number of hydrogen-bond acceptors (Lipinski definition) is 7. The number of carbonyl (C=O) groups is 4. The Bertz CT molecular complexity index is 995. The molecule has 2 unspecified atom stereocenters. The summed E-state index contributed by atoms with van der Waals surface area (Å²) >= 11 is 4.36. The number of alkyl carbamates (subject to hydrolysis) is 1. The molecule has 0 bridgehead atoms. The van der Waals surface area contributed by atoms with Crippen molar-refractivity contribution >= 4 is 36.5 Å². The summed E-state index contributed by atoms with van der Waals surface area (Å²) in [5.41, 5.74) is 1.82. The molecule has 9 nitrogen and oxygen atoms in total. The number of amides is 3. The van der Waals surface area contributed by atoms with Gasteiger partial charge in [-0.2, -0.15) is 12.6 Å². The molecule has 232 valence electrons. The number of nitrogens with one attached hydrogen (secondary N) is 2. The molecular weight excluding hydrogens is 542 g/mol. The summed E-state index contributed by atoms with van der Waals surface area (Å²) in [6.45, 7) is 13.6. The first-order valence-electron chi connectivity index (χ1n) is 14.8. The van der Waals surface area contributed by atoms with Gasteiger partial charge in [0.2, 0.25) is 11.8 Å². The minimum absolute atomic E-state index is 0.0178. The molecule has 0 aliphatic rings. The molecule has 2 N–H and O–H groups in total. The van der Waals surface area contributed by atoms with E-state index in [2.05, 4.69) is 30.2 Å². The van der Waals surface area contributed by atoms with Crippen molar-refractivity contribution in [2.75, 3.05) is 25.4 Å². The van der Waals surface area contributed by atoms with Crippen LogP contribution in [0.15, 0.2) is 18.2 Å². The molecule has 2 atom stereocenters. The van der Waals surface area contributed by atoms with Crippen LogP contribution in [0.2, 0.25) is 0 Å². The zero-order valence-corrected chi connectivity index (χ0v) is 26.9. The second kappa shape index (κ2) is 18.6. The molecule has 0 aromatic heterocycles. The third-order valence-corrected chi connectivity index (χ3v) is 7.01. The maximum Gasteiger partial charge on any atom is 0.408 e. The van der Waals surface area contributed by atoms with Crippen LogP contribution in [0, 0.1) is 13.8 Å². The fourth-order valence-corrected chi connectivity index (χ4v) is 4.65. The topological polar surface area (TPSA) is 114 Å². The van der Waals surface area contributed by atoms with Gasteiger partial charge in [-0.3, -0.25) is 14.4 Å². The molecule has 0 aliphatic heterocycles. The minimum atomic E-state index is -1.01. The number of hydrogen-bond donors (Lipinski definition) is 3. The van der Waals surface area contributed by atoms with Gasteiger partial charge < -0.3 is 25.0 Å². The van der Waals surface area contributed by atoms with Crippen molar-refractivity contribution in [3.63, 3.8) is 0 Å². The lowest BCUT2D eigenvalue weighted by molar-refractivity contribution is -0.144. The number of unbranched alkanes of at least 4 members (excludes halogenated alkanes) is 5. The fraction of sp³-hybridized carbons (Fsp3) is 0.677. The highest BCUT2D eigenvalue weighted by Gasteiger charge is 2.36. The molecule has 1 aromatic rings. The first-order chi connectivity index (χ1) is 19.4. The van der Waals surface area contributed by atoms with Gasteiger partial charge in [0, 0.05) is 18.8 Å². The van der Waals surface area contributed by atoms with Crippen LogP contribution in [0.5, 0.6) is 0 Å². The van der Waals surface area contributed by atoms with Crippen molar-refractivity contribution in [2.24, 2.45) is 0 Å². The van der Waals surface area contributed by atoms with Crippen LogP contribution in [-0.4, -0.2) is 65.9 Å². The molecule has 0 heterocycles. The Hall–Kier alpha value is -2.75. The van der Waals surface area contributed by atoms with Gasteiger partial charge in [-0.15, -0.1) is 0 Å². The molecular formula is C31H51N3O6S. The van der Waals surface area contributed by atoms with Crippen molar-refractivity contribution in [1.82, 2.24) is 15.5 Å². The van der Waals surface area contributed by atoms with Gasteiger partial charge in [-0.25, -0.2) is 4.79 Å². The SMILES string of the molecule is CCCCCCCCN(C(=O)C(CS)NC(=O)OC(C)(C)C)C(C(=O)NCCC(=O)OCC)c1cccc(C)c1C. The summed E-state index contributed by atoms with van der Waals surface area (Å²) < 4.78 is 10.4. The lowest BCUT2D eigenvalue weighted by atomic mass is 9.94. The fourth-order valence-electron chi connectivity index (χ4n) is 4.40. The summed E-state index contributed by atoms with van der Waals surface area (Å²) in [4.78, 5) is 53.9. The summed E-state index contributed by atoms with van der Waals surface area (Å²) in [7, 11) is 0. The molecule has 1 rings (SSSR count). The van der Waals surface area contributed by atoms with E-state index in [-0.39, 0.29) is 25.3 Å². The number of thiol groups is 1. The lowest BCUT2D eigenvalue weighted by Crippen LogP contribution is -2.54. The van der Waals surface area contributed by atoms with Crippen LogP contribution in [0.1, 0.15) is 102 Å². The van der Waals surface area contributed by atoms with Crippen molar-refractivity contribution in [2.45, 2.75) is 111 Å². The quantitative estimate of drug-likeness (QED) is 0.126. The van der Waals surface area contributed by atoms with Gasteiger partial charge in [-0.1, -0.05) is 57.2 Å². The third-order valence-electron chi connectivity index (χ3n) is 6.64. The monoisotopic (exact) mass is 593 g/mol. The number of nitrogens with zero attached hydrogens (tertiary/aromatic N) is 1. The molecule has 1 aromatic carbocycles. The number of aryl methyl sites for hydroxylation is 1. The Balaban J connectivity index is 3.40. The van der Waals surface area contributed by atoms with E-state index < -0.39 is 41.6 Å². The van der Waals surface area contributed by atoms with Gasteiger partial charge in [0.25, 0.3) is 0 Å². The standard InChI is InChI=1S/C31H51N3O6S/c1-8-10-11-12-13-14-20-34(29(37)25(21-41)33-30(38)40-31(5,6)7)27(24-17-15-16-22(3)23(24)4)28(36)32-19-18-26(35)39-9-2/h15-17,25,27,41H,8-14,18-21H2,1-7H3,(H,32,36)(H,33,38). The van der Waals surface area contributed by atoms with Gasteiger partial charge in [0.05, 0.1) is 13.0 Å². The molecule has 10 heteroatoms. The highest BCUT2D eigenvalue weighted by atomic mass is 32.1. The Morgan fingerprint density at radius 3 is 2.27 bits per heavy atom. The van der Waals surface area contributed by atoms with Crippen molar-refractivity contribution in [3.05, 3.63) is 34.9 Å². The Morgan fingerprint density at radius 1 is 1.00 bits per heavy atom. The van der Waals surface area contributed by atoms with Gasteiger partial charge in [0.15, 0.2) is 0 Å². The molecule has 41 heavy (non-hydrogen) atoms. The van der Waals surface area contributed by atoms with E-state index in [1.165, 1.54) is 0 Å². The normalized spacial score (nSPS) is 12.7. The summed E-state index contributed by atoms with van der Waals surface area (Å²) in [6, 6.07) is 3.68. The largest absolute Gasteiger partial charge is 0.466 e. The molecule has 0 saturated heterocycles. The highest BCUT2D eigenvalue weighted by Crippen LogP contribution is 2.28. The summed E-state index contributed by atoms with van der Waals surface area (Å²) in [5.74, 6) is -1.22. The van der Waals surface area contributed by atoms with Crippen LogP contribution < -0.4 is 10.6 Å². The minimum Gasteiger partial charge on any atom is -0.466 e. The Morgan fingerprint density at radius 2 is 1.66 bits per heavy atom. The van der Waals surface area contributed by atoms with Crippen LogP contribution in [0.4, 0.5) is 4.79 Å². The average molecular weight is 594 g/mol. The Labute approximate surface area is 251 Å². The first kappa shape index (κ1) is 36.3. The number of benzene rings is 1. The van der Waals surface area contributed by atoms with E-state index in [4.69, 9.17) is 9.47 Å². The zero-order valence-electron chi connectivity index (χ0n) is 26.0. The van der Waals surface area contributed by atoms with E-state index in [1.807, 2.05) is 32.0 Å². The van der Waals surface area contributed by atoms with Gasteiger partial charge >= 0.3 is 12.1 Å². The van der Waals surface area contributed by atoms with E-state index >= 15 is 0 Å². The van der Waals surface area contributed by atoms with Crippen molar-refractivity contribution in [1.29, 1.82) is 0 Å². The first-order valence-corrected chi connectivity index (χ1v) is 15.4. The number of carbonyl (C=O) groups excluding carboxylic acids is 4. The smallest absolute Gasteiger partial charge is 0.408 e. The summed E-state index contributed by atoms with van der Waals surface area (Å²) in [5, 5.41) is 5.48. The van der Waals surface area contributed by atoms with E-state index in [1.54, 1.807) is 32.6 Å². The van der Waals surface area contributed by atoms with Crippen LogP contribution >= 0.6 is 12.6 Å². The maximum absolute atomic E-state index is 14.1. The van der Waals surface area contributed by atoms with Gasteiger partial charge in [0.1, 0.15) is 17.7 Å². The van der Waals surface area contributed by atoms with E-state index in [0.29, 0.717) is 18.5 Å². The van der Waals surface area contributed by atoms with Crippen LogP contribution in [0.3, 0.4) is 0 Å². The van der Waals surface area contributed by atoms with Crippen LogP contribution in [0.25, 0.3) is 0 Å². The molecule has 0 aliphatic carbocycles. The predicted molar refractivity (Wildman–Crippen MR) is 165 cm³/mol. The highest BCUT2D eigenvalue weighted by molar-refractivity contribution is 7.80. The number of rotatable bonds is 17.